The Hall–Kier alpha value is -2.17. The van der Waals surface area contributed by atoms with Crippen LogP contribution in [0.25, 0.3) is 0 Å². The molecule has 0 saturated carbocycles. The highest BCUT2D eigenvalue weighted by Crippen LogP contribution is 2.35. The van der Waals surface area contributed by atoms with Gasteiger partial charge in [0, 0.05) is 44.9 Å². The number of hydrogen-bond acceptors (Lipinski definition) is 6. The minimum atomic E-state index is -4.68. The van der Waals surface area contributed by atoms with Crippen LogP contribution in [0.5, 0.6) is 11.6 Å². The Morgan fingerprint density at radius 3 is 2.58 bits per heavy atom. The summed E-state index contributed by atoms with van der Waals surface area (Å²) in [7, 11) is 0. The molecule has 2 saturated heterocycles. The molecule has 0 atom stereocenters. The van der Waals surface area contributed by atoms with E-state index in [1.54, 1.807) is 4.90 Å². The molecule has 0 unspecified atom stereocenters. The van der Waals surface area contributed by atoms with E-state index >= 15 is 0 Å². The number of anilines is 1. The van der Waals surface area contributed by atoms with E-state index in [4.69, 9.17) is 16.3 Å². The van der Waals surface area contributed by atoms with Crippen LogP contribution < -0.4 is 15.0 Å². The summed E-state index contributed by atoms with van der Waals surface area (Å²) in [5.41, 5.74) is -1.11. The number of alkyl halides is 4. The number of halogens is 5. The second-order valence-corrected chi connectivity index (χ2v) is 9.27. The molecule has 2 aromatic rings. The van der Waals surface area contributed by atoms with Crippen molar-refractivity contribution in [2.75, 3.05) is 50.7 Å². The Morgan fingerprint density at radius 1 is 1.06 bits per heavy atom. The average Bonchev–Trinajstić information content (AvgIpc) is 3.02. The van der Waals surface area contributed by atoms with Gasteiger partial charge in [0.2, 0.25) is 11.8 Å². The van der Waals surface area contributed by atoms with Crippen LogP contribution in [0.15, 0.2) is 30.3 Å². The molecule has 0 amide bonds. The highest BCUT2D eigenvalue weighted by Gasteiger charge is 2.38. The minimum Gasteiger partial charge on any atom is -0.439 e. The molecule has 6 nitrogen and oxygen atoms in total. The standard InChI is InChI=1S/C22H26ClF4N5O/c23-21(15-31-9-2-7-28-8-12-31)5-10-32(11-6-21)20-29-18(22(25,26)27)14-19(30-20)33-17-4-1-3-16(24)13-17/h1,3-4,13-14,28H,2,5-12,15H2. The number of aromatic nitrogens is 2. The maximum absolute atomic E-state index is 13.5. The normalized spacial score (nSPS) is 19.8. The molecular formula is C22H26ClF4N5O. The van der Waals surface area contributed by atoms with Gasteiger partial charge in [-0.05, 0) is 44.5 Å². The van der Waals surface area contributed by atoms with Gasteiger partial charge in [-0.2, -0.15) is 18.2 Å². The van der Waals surface area contributed by atoms with Crippen molar-refractivity contribution < 1.29 is 22.3 Å². The van der Waals surface area contributed by atoms with Crippen LogP contribution in [-0.4, -0.2) is 65.6 Å². The van der Waals surface area contributed by atoms with Gasteiger partial charge in [-0.25, -0.2) is 9.37 Å². The van der Waals surface area contributed by atoms with Crippen LogP contribution in [-0.2, 0) is 6.18 Å². The molecule has 0 radical (unpaired) electrons. The molecule has 2 aliphatic heterocycles. The molecule has 4 rings (SSSR count). The number of rotatable bonds is 5. The van der Waals surface area contributed by atoms with Gasteiger partial charge in [-0.3, -0.25) is 0 Å². The molecular weight excluding hydrogens is 462 g/mol. The second-order valence-electron chi connectivity index (χ2n) is 8.47. The Labute approximate surface area is 194 Å². The number of piperidine rings is 1. The molecule has 2 aliphatic rings. The summed E-state index contributed by atoms with van der Waals surface area (Å²) in [5, 5.41) is 3.36. The minimum absolute atomic E-state index is 0.0538. The molecule has 180 valence electrons. The van der Waals surface area contributed by atoms with Crippen molar-refractivity contribution in [1.82, 2.24) is 20.2 Å². The first-order valence-electron chi connectivity index (χ1n) is 11.0. The van der Waals surface area contributed by atoms with Gasteiger partial charge in [-0.1, -0.05) is 6.07 Å². The van der Waals surface area contributed by atoms with E-state index in [-0.39, 0.29) is 17.6 Å². The molecule has 0 bridgehead atoms. The van der Waals surface area contributed by atoms with Crippen molar-refractivity contribution in [2.24, 2.45) is 0 Å². The summed E-state index contributed by atoms with van der Waals surface area (Å²) in [6.45, 7) is 5.41. The predicted molar refractivity (Wildman–Crippen MR) is 117 cm³/mol. The molecule has 1 N–H and O–H groups in total. The maximum Gasteiger partial charge on any atom is 0.433 e. The van der Waals surface area contributed by atoms with Gasteiger partial charge >= 0.3 is 6.18 Å². The summed E-state index contributed by atoms with van der Waals surface area (Å²) in [4.78, 5) is 11.5. The predicted octanol–water partition coefficient (Wildman–Crippen LogP) is 4.30. The molecule has 1 aromatic heterocycles. The average molecular weight is 488 g/mol. The first kappa shape index (κ1) is 24.0. The Kier molecular flexibility index (Phi) is 7.25. The van der Waals surface area contributed by atoms with Crippen molar-refractivity contribution in [3.63, 3.8) is 0 Å². The third kappa shape index (κ3) is 6.45. The van der Waals surface area contributed by atoms with Crippen LogP contribution in [0.1, 0.15) is 25.0 Å². The number of hydrogen-bond donors (Lipinski definition) is 1. The van der Waals surface area contributed by atoms with Gasteiger partial charge in [-0.15, -0.1) is 11.6 Å². The number of nitrogens with one attached hydrogen (secondary N) is 1. The first-order valence-corrected chi connectivity index (χ1v) is 11.3. The lowest BCUT2D eigenvalue weighted by Gasteiger charge is -2.40. The molecule has 11 heteroatoms. The van der Waals surface area contributed by atoms with E-state index in [0.717, 1.165) is 51.3 Å². The van der Waals surface area contributed by atoms with E-state index in [2.05, 4.69) is 20.2 Å². The monoisotopic (exact) mass is 487 g/mol. The third-order valence-electron chi connectivity index (χ3n) is 5.88. The largest absolute Gasteiger partial charge is 0.439 e. The van der Waals surface area contributed by atoms with Crippen LogP contribution in [0, 0.1) is 5.82 Å². The smallest absolute Gasteiger partial charge is 0.433 e. The summed E-state index contributed by atoms with van der Waals surface area (Å²) in [6, 6.07) is 5.86. The van der Waals surface area contributed by atoms with E-state index in [0.29, 0.717) is 25.9 Å². The molecule has 1 aromatic carbocycles. The van der Waals surface area contributed by atoms with E-state index in [9.17, 15) is 17.6 Å². The molecule has 33 heavy (non-hydrogen) atoms. The molecule has 2 fully saturated rings. The number of benzene rings is 1. The fourth-order valence-electron chi connectivity index (χ4n) is 4.13. The highest BCUT2D eigenvalue weighted by molar-refractivity contribution is 6.24. The number of nitrogens with zero attached hydrogens (tertiary/aromatic N) is 4. The molecule has 3 heterocycles. The van der Waals surface area contributed by atoms with E-state index in [1.807, 2.05) is 0 Å². The van der Waals surface area contributed by atoms with Gasteiger partial charge in [0.05, 0.1) is 4.87 Å². The summed E-state index contributed by atoms with van der Waals surface area (Å²) in [6.07, 6.45) is -2.42. The number of ether oxygens (including phenoxy) is 1. The lowest BCUT2D eigenvalue weighted by atomic mass is 9.95. The second kappa shape index (κ2) is 9.99. The zero-order valence-corrected chi connectivity index (χ0v) is 18.8. The summed E-state index contributed by atoms with van der Waals surface area (Å²) < 4.78 is 59.3. The lowest BCUT2D eigenvalue weighted by molar-refractivity contribution is -0.141. The first-order chi connectivity index (χ1) is 15.7. The zero-order valence-electron chi connectivity index (χ0n) is 18.0. The van der Waals surface area contributed by atoms with Crippen molar-refractivity contribution in [1.29, 1.82) is 0 Å². The fourth-order valence-corrected chi connectivity index (χ4v) is 4.47. The van der Waals surface area contributed by atoms with Crippen LogP contribution in [0.2, 0.25) is 0 Å². The van der Waals surface area contributed by atoms with Gasteiger partial charge < -0.3 is 19.9 Å². The van der Waals surface area contributed by atoms with Gasteiger partial charge in [0.25, 0.3) is 0 Å². The third-order valence-corrected chi connectivity index (χ3v) is 6.38. The van der Waals surface area contributed by atoms with Crippen LogP contribution in [0.4, 0.5) is 23.5 Å². The van der Waals surface area contributed by atoms with Crippen LogP contribution in [0.3, 0.4) is 0 Å². The van der Waals surface area contributed by atoms with E-state index in [1.165, 1.54) is 18.2 Å². The van der Waals surface area contributed by atoms with Crippen molar-refractivity contribution in [3.8, 4) is 11.6 Å². The van der Waals surface area contributed by atoms with Gasteiger partial charge in [0.1, 0.15) is 11.6 Å². The molecule has 0 spiro atoms. The highest BCUT2D eigenvalue weighted by atomic mass is 35.5. The van der Waals surface area contributed by atoms with Gasteiger partial charge in [0.15, 0.2) is 5.69 Å². The summed E-state index contributed by atoms with van der Waals surface area (Å²) >= 11 is 6.90. The maximum atomic E-state index is 13.5. The molecule has 0 aliphatic carbocycles. The van der Waals surface area contributed by atoms with Crippen molar-refractivity contribution in [2.45, 2.75) is 30.3 Å². The van der Waals surface area contributed by atoms with Crippen molar-refractivity contribution in [3.05, 3.63) is 41.8 Å². The quantitative estimate of drug-likeness (QED) is 0.501. The Bertz CT molecular complexity index is 945. The topological polar surface area (TPSA) is 53.5 Å². The SMILES string of the molecule is Fc1cccc(Oc2cc(C(F)(F)F)nc(N3CCC(Cl)(CN4CCCNCC4)CC3)n2)c1. The zero-order chi connectivity index (χ0) is 23.5. The van der Waals surface area contributed by atoms with E-state index < -0.39 is 22.6 Å². The summed E-state index contributed by atoms with van der Waals surface area (Å²) in [5.74, 6) is -0.878. The fraction of sp³-hybridized carbons (Fsp3) is 0.545. The van der Waals surface area contributed by atoms with Crippen LogP contribution >= 0.6 is 11.6 Å². The Balaban J connectivity index is 1.48. The lowest BCUT2D eigenvalue weighted by Crippen LogP contribution is -2.48. The van der Waals surface area contributed by atoms with Crippen molar-refractivity contribution >= 4 is 17.5 Å². The Morgan fingerprint density at radius 2 is 1.85 bits per heavy atom.